The van der Waals surface area contributed by atoms with Gasteiger partial charge in [-0.3, -0.25) is 9.69 Å². The fraction of sp³-hybridized carbons (Fsp3) is 0.933. The summed E-state index contributed by atoms with van der Waals surface area (Å²) in [7, 11) is -1.43. The van der Waals surface area contributed by atoms with Crippen LogP contribution in [-0.2, 0) is 22.8 Å². The molecule has 0 aromatic rings. The normalized spacial score (nSPS) is 21.0. The van der Waals surface area contributed by atoms with Gasteiger partial charge in [0.25, 0.3) is 0 Å². The number of carbonyl (C=O) groups is 1. The van der Waals surface area contributed by atoms with Gasteiger partial charge in [-0.1, -0.05) is 6.92 Å². The van der Waals surface area contributed by atoms with Crippen LogP contribution in [0.4, 0.5) is 0 Å². The van der Waals surface area contributed by atoms with Gasteiger partial charge >= 0.3 is 14.8 Å². The molecule has 1 aliphatic heterocycles. The molecule has 0 radical (unpaired) electrons. The molecule has 1 heterocycles. The highest BCUT2D eigenvalue weighted by Gasteiger charge is 2.54. The van der Waals surface area contributed by atoms with E-state index < -0.39 is 8.80 Å². The Morgan fingerprint density at radius 2 is 1.68 bits per heavy atom. The largest absolute Gasteiger partial charge is 0.519 e. The average Bonchev–Trinajstić information content (AvgIpc) is 2.97. The molecule has 0 aliphatic carbocycles. The van der Waals surface area contributed by atoms with Crippen molar-refractivity contribution < 1.29 is 22.8 Å². The highest BCUT2D eigenvalue weighted by Crippen LogP contribution is 2.30. The summed E-state index contributed by atoms with van der Waals surface area (Å²) < 4.78 is 23.1. The Balaban J connectivity index is 3.08. The van der Waals surface area contributed by atoms with Crippen LogP contribution in [0.3, 0.4) is 0 Å². The highest BCUT2D eigenvalue weighted by molar-refractivity contribution is 6.62. The average molecular weight is 334 g/mol. The lowest BCUT2D eigenvalue weighted by molar-refractivity contribution is -0.146. The second-order valence-corrected chi connectivity index (χ2v) is 7.99. The molecule has 0 aromatic heterocycles. The quantitative estimate of drug-likeness (QED) is 0.450. The van der Waals surface area contributed by atoms with Crippen LogP contribution in [0.5, 0.6) is 0 Å². The summed E-state index contributed by atoms with van der Waals surface area (Å²) in [5, 5.41) is 0. The Kier molecular flexibility index (Phi) is 8.56. The maximum Gasteiger partial charge on any atom is 0.519 e. The Morgan fingerprint density at radius 1 is 1.14 bits per heavy atom. The van der Waals surface area contributed by atoms with Gasteiger partial charge in [0, 0.05) is 19.8 Å². The first-order valence-electron chi connectivity index (χ1n) is 8.35. The molecule has 2 unspecified atom stereocenters. The van der Waals surface area contributed by atoms with Crippen molar-refractivity contribution in [2.75, 3.05) is 33.5 Å². The molecule has 130 valence electrons. The fourth-order valence-electron chi connectivity index (χ4n) is 3.26. The van der Waals surface area contributed by atoms with Crippen LogP contribution in [0.1, 0.15) is 47.0 Å². The maximum absolute atomic E-state index is 12.1. The van der Waals surface area contributed by atoms with Gasteiger partial charge in [-0.05, 0) is 46.6 Å². The molecule has 7 heteroatoms. The van der Waals surface area contributed by atoms with Crippen molar-refractivity contribution in [3.63, 3.8) is 0 Å². The van der Waals surface area contributed by atoms with Crippen LogP contribution in [0, 0.1) is 0 Å². The smallest absolute Gasteiger partial charge is 0.468 e. The van der Waals surface area contributed by atoms with Crippen LogP contribution in [0.15, 0.2) is 0 Å². The van der Waals surface area contributed by atoms with Gasteiger partial charge in [-0.2, -0.15) is 0 Å². The zero-order valence-electron chi connectivity index (χ0n) is 14.6. The third kappa shape index (κ3) is 4.29. The lowest BCUT2D eigenvalue weighted by Crippen LogP contribution is -2.64. The van der Waals surface area contributed by atoms with Crippen LogP contribution in [-0.4, -0.2) is 64.9 Å². The van der Waals surface area contributed by atoms with E-state index in [2.05, 4.69) is 11.8 Å². The number of hydrogen-bond donors (Lipinski definition) is 0. The van der Waals surface area contributed by atoms with E-state index in [1.54, 1.807) is 0 Å². The van der Waals surface area contributed by atoms with Crippen LogP contribution in [0.25, 0.3) is 0 Å². The van der Waals surface area contributed by atoms with Crippen molar-refractivity contribution in [2.24, 2.45) is 0 Å². The van der Waals surface area contributed by atoms with E-state index >= 15 is 0 Å². The predicted octanol–water partition coefficient (Wildman–Crippen LogP) is 1.99. The lowest BCUT2D eigenvalue weighted by atomic mass is 10.2. The number of carbonyl (C=O) groups excluding carboxylic acids is 1. The molecule has 0 saturated carbocycles. The van der Waals surface area contributed by atoms with Gasteiger partial charge in [0.05, 0.1) is 12.8 Å². The zero-order chi connectivity index (χ0) is 16.6. The molecule has 1 fully saturated rings. The Hall–Kier alpha value is -0.473. The van der Waals surface area contributed by atoms with Crippen LogP contribution in [0.2, 0.25) is 0 Å². The summed E-state index contributed by atoms with van der Waals surface area (Å²) in [5.41, 5.74) is -0.0149. The first-order valence-corrected chi connectivity index (χ1v) is 10.2. The molecule has 1 saturated heterocycles. The van der Waals surface area contributed by atoms with E-state index in [1.165, 1.54) is 7.11 Å². The summed E-state index contributed by atoms with van der Waals surface area (Å²) in [6, 6.07) is -0.219. The minimum atomic E-state index is -2.87. The predicted molar refractivity (Wildman–Crippen MR) is 86.5 cm³/mol. The van der Waals surface area contributed by atoms with E-state index in [0.717, 1.165) is 25.8 Å². The van der Waals surface area contributed by atoms with Crippen LogP contribution < -0.4 is 0 Å². The molecule has 0 amide bonds. The molecule has 6 nitrogen and oxygen atoms in total. The minimum absolute atomic E-state index is 0.0149. The first kappa shape index (κ1) is 19.6. The number of rotatable bonds is 10. The van der Waals surface area contributed by atoms with E-state index in [-0.39, 0.29) is 17.7 Å². The number of ether oxygens (including phenoxy) is 1. The summed E-state index contributed by atoms with van der Waals surface area (Å²) in [6.07, 6.45) is 2.61. The van der Waals surface area contributed by atoms with Gasteiger partial charge in [-0.25, -0.2) is 0 Å². The van der Waals surface area contributed by atoms with E-state index in [0.29, 0.717) is 19.8 Å². The highest BCUT2D eigenvalue weighted by atomic mass is 28.4. The third-order valence-corrected chi connectivity index (χ3v) is 7.63. The third-order valence-electron chi connectivity index (χ3n) is 4.00. The number of hydrogen-bond acceptors (Lipinski definition) is 6. The molecule has 0 aromatic carbocycles. The molecule has 1 aliphatic rings. The molecular formula is C15H31NO5Si. The van der Waals surface area contributed by atoms with Crippen molar-refractivity contribution in [2.45, 2.75) is 58.7 Å². The molecule has 22 heavy (non-hydrogen) atoms. The zero-order valence-corrected chi connectivity index (χ0v) is 15.6. The Bertz CT molecular complexity index is 325. The van der Waals surface area contributed by atoms with E-state index in [4.69, 9.17) is 18.0 Å². The standard InChI is InChI=1S/C15H31NO5Si/c1-6-14(16-12-10-11-13(16)15(17)18-5)22(19-7-2,20-8-3)21-9-4/h13-14H,6-12H2,1-5H3. The number of esters is 1. The Labute approximate surface area is 135 Å². The summed E-state index contributed by atoms with van der Waals surface area (Å²) >= 11 is 0. The van der Waals surface area contributed by atoms with E-state index in [1.807, 2.05) is 20.8 Å². The number of nitrogens with zero attached hydrogens (tertiary/aromatic N) is 1. The maximum atomic E-state index is 12.1. The summed E-state index contributed by atoms with van der Waals surface area (Å²) in [4.78, 5) is 14.3. The van der Waals surface area contributed by atoms with Gasteiger partial charge in [0.2, 0.25) is 0 Å². The van der Waals surface area contributed by atoms with E-state index in [9.17, 15) is 4.79 Å². The molecular weight excluding hydrogens is 302 g/mol. The Morgan fingerprint density at radius 3 is 2.09 bits per heavy atom. The SMILES string of the molecule is CCO[Si](OCC)(OCC)C(CC)N1CCCC1C(=O)OC. The number of methoxy groups -OCH3 is 1. The van der Waals surface area contributed by atoms with Crippen LogP contribution >= 0.6 is 0 Å². The topological polar surface area (TPSA) is 57.2 Å². The molecule has 0 N–H and O–H groups in total. The van der Waals surface area contributed by atoms with Gasteiger partial charge < -0.3 is 18.0 Å². The van der Waals surface area contributed by atoms with Crippen molar-refractivity contribution in [1.82, 2.24) is 4.90 Å². The fourth-order valence-corrected chi connectivity index (χ4v) is 6.51. The van der Waals surface area contributed by atoms with Crippen molar-refractivity contribution >= 4 is 14.8 Å². The molecule has 0 spiro atoms. The van der Waals surface area contributed by atoms with Gasteiger partial charge in [-0.15, -0.1) is 0 Å². The van der Waals surface area contributed by atoms with Crippen molar-refractivity contribution in [3.05, 3.63) is 0 Å². The second kappa shape index (κ2) is 9.62. The lowest BCUT2D eigenvalue weighted by Gasteiger charge is -2.41. The molecule has 1 rings (SSSR count). The second-order valence-electron chi connectivity index (χ2n) is 5.25. The van der Waals surface area contributed by atoms with Gasteiger partial charge in [0.15, 0.2) is 0 Å². The number of likely N-dealkylation sites (tertiary alicyclic amines) is 1. The first-order chi connectivity index (χ1) is 10.6. The summed E-state index contributed by atoms with van der Waals surface area (Å²) in [5.74, 6) is -0.177. The molecule has 2 atom stereocenters. The minimum Gasteiger partial charge on any atom is -0.468 e. The van der Waals surface area contributed by atoms with Crippen molar-refractivity contribution in [3.8, 4) is 0 Å². The monoisotopic (exact) mass is 333 g/mol. The van der Waals surface area contributed by atoms with Crippen molar-refractivity contribution in [1.29, 1.82) is 0 Å². The molecule has 0 bridgehead atoms. The van der Waals surface area contributed by atoms with Gasteiger partial charge in [0.1, 0.15) is 6.04 Å². The summed E-state index contributed by atoms with van der Waals surface area (Å²) in [6.45, 7) is 10.4.